The molecule has 2 aliphatic rings. The second-order valence-corrected chi connectivity index (χ2v) is 9.49. The largest absolute Gasteiger partial charge is 0.391 e. The third-order valence-electron chi connectivity index (χ3n) is 6.89. The molecule has 3 aromatic rings. The fraction of sp³-hybridized carbons (Fsp3) is 0.478. The van der Waals surface area contributed by atoms with Gasteiger partial charge >= 0.3 is 0 Å². The molecule has 0 unspecified atom stereocenters. The summed E-state index contributed by atoms with van der Waals surface area (Å²) in [5, 5.41) is 16.7. The Morgan fingerprint density at radius 3 is 2.65 bits per heavy atom. The number of rotatable bonds is 6. The van der Waals surface area contributed by atoms with Gasteiger partial charge in [0.05, 0.1) is 29.1 Å². The molecule has 0 spiro atoms. The highest BCUT2D eigenvalue weighted by molar-refractivity contribution is 6.33. The summed E-state index contributed by atoms with van der Waals surface area (Å²) in [7, 11) is 0. The molecule has 0 aliphatic heterocycles. The molecule has 2 aromatic heterocycles. The number of para-hydroxylation sites is 1. The highest BCUT2D eigenvalue weighted by atomic mass is 35.5. The van der Waals surface area contributed by atoms with Gasteiger partial charge in [0, 0.05) is 12.0 Å². The summed E-state index contributed by atoms with van der Waals surface area (Å²) >= 11 is 6.25. The summed E-state index contributed by atoms with van der Waals surface area (Å²) in [6.45, 7) is 0. The molecule has 180 valence electrons. The van der Waals surface area contributed by atoms with Crippen LogP contribution in [-0.4, -0.2) is 42.7 Å². The van der Waals surface area contributed by atoms with Gasteiger partial charge in [0.1, 0.15) is 11.3 Å². The molecule has 2 saturated carbocycles. The third-order valence-corrected chi connectivity index (χ3v) is 7.21. The minimum atomic E-state index is -0.493. The number of aliphatic hydroxyl groups excluding tert-OH is 1. The van der Waals surface area contributed by atoms with Gasteiger partial charge in [-0.1, -0.05) is 17.7 Å². The number of nitrogens with one attached hydrogen (secondary N) is 2. The summed E-state index contributed by atoms with van der Waals surface area (Å²) < 4.78 is 16.5. The van der Waals surface area contributed by atoms with E-state index in [0.717, 1.165) is 19.3 Å². The number of halogens is 2. The molecular weight excluding hydrogens is 461 g/mol. The van der Waals surface area contributed by atoms with Crippen LogP contribution in [0.4, 0.5) is 22.0 Å². The van der Waals surface area contributed by atoms with E-state index in [-0.39, 0.29) is 34.6 Å². The molecule has 2 atom stereocenters. The van der Waals surface area contributed by atoms with E-state index in [2.05, 4.69) is 20.6 Å². The highest BCUT2D eigenvalue weighted by Gasteiger charge is 2.30. The monoisotopic (exact) mass is 487 g/mol. The Labute approximate surface area is 200 Å². The number of nitrogens with zero attached hydrogens (tertiary/aromatic N) is 4. The number of benzene rings is 1. The number of primary amides is 1. The molecule has 2 heterocycles. The minimum Gasteiger partial charge on any atom is -0.391 e. The average molecular weight is 488 g/mol. The standard InChI is InChI=1S/C23H27ClFN7O2/c24-14-3-1-4-15(25)19(14)30-23-29-17-11-27-22(28-16-5-2-6-18(16)33)31-21(17)32(23)13-9-7-12(8-10-13)20(26)34/h1,3-4,11-13,16,18,33H,2,5-10H2,(H2,26,34)(H,29,30)(H,27,28,31)/t12-,13-,16-,18-/m1/s1. The first-order valence-electron chi connectivity index (χ1n) is 11.6. The van der Waals surface area contributed by atoms with E-state index in [1.54, 1.807) is 12.3 Å². The summed E-state index contributed by atoms with van der Waals surface area (Å²) in [4.78, 5) is 25.4. The van der Waals surface area contributed by atoms with Crippen LogP contribution in [0.3, 0.4) is 0 Å². The Bertz CT molecular complexity index is 1190. The molecule has 2 fully saturated rings. The van der Waals surface area contributed by atoms with E-state index in [1.807, 2.05) is 4.57 Å². The molecule has 5 N–H and O–H groups in total. The lowest BCUT2D eigenvalue weighted by molar-refractivity contribution is -0.122. The second-order valence-electron chi connectivity index (χ2n) is 9.09. The third kappa shape index (κ3) is 4.39. The predicted octanol–water partition coefficient (Wildman–Crippen LogP) is 3.90. The number of anilines is 3. The number of aromatic nitrogens is 4. The molecule has 34 heavy (non-hydrogen) atoms. The van der Waals surface area contributed by atoms with Gasteiger partial charge in [-0.15, -0.1) is 0 Å². The van der Waals surface area contributed by atoms with Crippen molar-refractivity contribution >= 4 is 46.3 Å². The Morgan fingerprint density at radius 2 is 1.97 bits per heavy atom. The van der Waals surface area contributed by atoms with Crippen LogP contribution in [0.1, 0.15) is 51.0 Å². The zero-order valence-corrected chi connectivity index (χ0v) is 19.3. The van der Waals surface area contributed by atoms with Crippen LogP contribution in [0.15, 0.2) is 24.4 Å². The van der Waals surface area contributed by atoms with Gasteiger partial charge in [0.2, 0.25) is 17.8 Å². The number of fused-ring (bicyclic) bond motifs is 1. The van der Waals surface area contributed by atoms with Crippen molar-refractivity contribution < 1.29 is 14.3 Å². The van der Waals surface area contributed by atoms with Crippen LogP contribution in [0.25, 0.3) is 11.2 Å². The van der Waals surface area contributed by atoms with Crippen molar-refractivity contribution in [3.05, 3.63) is 35.2 Å². The van der Waals surface area contributed by atoms with Gasteiger partial charge in [-0.25, -0.2) is 14.4 Å². The summed E-state index contributed by atoms with van der Waals surface area (Å²) in [5.41, 5.74) is 6.78. The van der Waals surface area contributed by atoms with Crippen molar-refractivity contribution in [2.45, 2.75) is 63.1 Å². The number of carbonyl (C=O) groups is 1. The first kappa shape index (κ1) is 22.8. The van der Waals surface area contributed by atoms with Crippen molar-refractivity contribution in [3.63, 3.8) is 0 Å². The van der Waals surface area contributed by atoms with Crippen molar-refractivity contribution in [3.8, 4) is 0 Å². The van der Waals surface area contributed by atoms with Gasteiger partial charge in [-0.3, -0.25) is 9.36 Å². The van der Waals surface area contributed by atoms with Gasteiger partial charge < -0.3 is 21.5 Å². The van der Waals surface area contributed by atoms with E-state index >= 15 is 0 Å². The van der Waals surface area contributed by atoms with Crippen LogP contribution in [0.2, 0.25) is 5.02 Å². The molecule has 1 aromatic carbocycles. The molecule has 0 saturated heterocycles. The number of hydrogen-bond acceptors (Lipinski definition) is 7. The topological polar surface area (TPSA) is 131 Å². The molecular formula is C23H27ClFN7O2. The van der Waals surface area contributed by atoms with Gasteiger partial charge in [0.15, 0.2) is 5.65 Å². The molecule has 0 radical (unpaired) electrons. The SMILES string of the molecule is NC(=O)[C@H]1CC[C@H](n2c(Nc3c(F)cccc3Cl)nc3cnc(N[C@@H]4CCC[C@H]4O)nc32)CC1. The number of amides is 1. The van der Waals surface area contributed by atoms with E-state index in [1.165, 1.54) is 12.1 Å². The Kier molecular flexibility index (Phi) is 6.26. The number of nitrogens with two attached hydrogens (primary N) is 1. The molecule has 11 heteroatoms. The zero-order valence-electron chi connectivity index (χ0n) is 18.5. The fourth-order valence-electron chi connectivity index (χ4n) is 5.02. The molecule has 0 bridgehead atoms. The lowest BCUT2D eigenvalue weighted by Crippen LogP contribution is -2.29. The summed E-state index contributed by atoms with van der Waals surface area (Å²) in [5.74, 6) is -0.126. The van der Waals surface area contributed by atoms with E-state index in [0.29, 0.717) is 48.7 Å². The normalized spacial score (nSPS) is 24.9. The van der Waals surface area contributed by atoms with Gasteiger partial charge in [-0.2, -0.15) is 4.98 Å². The maximum absolute atomic E-state index is 14.5. The lowest BCUT2D eigenvalue weighted by atomic mass is 9.85. The second kappa shape index (κ2) is 9.34. The van der Waals surface area contributed by atoms with Crippen LogP contribution < -0.4 is 16.4 Å². The molecule has 1 amide bonds. The number of hydrogen-bond donors (Lipinski definition) is 4. The maximum atomic E-state index is 14.5. The molecule has 9 nitrogen and oxygen atoms in total. The number of aliphatic hydroxyl groups is 1. The first-order valence-corrected chi connectivity index (χ1v) is 12.0. The first-order chi connectivity index (χ1) is 16.4. The van der Waals surface area contributed by atoms with Crippen LogP contribution >= 0.6 is 11.6 Å². The van der Waals surface area contributed by atoms with E-state index in [9.17, 15) is 14.3 Å². The zero-order chi connectivity index (χ0) is 23.8. The Morgan fingerprint density at radius 1 is 1.18 bits per heavy atom. The van der Waals surface area contributed by atoms with E-state index in [4.69, 9.17) is 22.3 Å². The van der Waals surface area contributed by atoms with E-state index < -0.39 is 11.9 Å². The molecule has 2 aliphatic carbocycles. The van der Waals surface area contributed by atoms with Gasteiger partial charge in [0.25, 0.3) is 0 Å². The fourth-order valence-corrected chi connectivity index (χ4v) is 5.23. The Balaban J connectivity index is 1.53. The molecule has 5 rings (SSSR count). The van der Waals surface area contributed by atoms with Crippen molar-refractivity contribution in [2.75, 3.05) is 10.6 Å². The average Bonchev–Trinajstić information content (AvgIpc) is 3.39. The van der Waals surface area contributed by atoms with Crippen LogP contribution in [0.5, 0.6) is 0 Å². The summed E-state index contributed by atoms with van der Waals surface area (Å²) in [6, 6.07) is 4.35. The Hall–Kier alpha value is -2.98. The maximum Gasteiger partial charge on any atom is 0.225 e. The summed E-state index contributed by atoms with van der Waals surface area (Å²) in [6.07, 6.45) is 6.43. The lowest BCUT2D eigenvalue weighted by Gasteiger charge is -2.29. The number of imidazole rings is 1. The smallest absolute Gasteiger partial charge is 0.225 e. The van der Waals surface area contributed by atoms with Crippen molar-refractivity contribution in [1.82, 2.24) is 19.5 Å². The van der Waals surface area contributed by atoms with Crippen molar-refractivity contribution in [1.29, 1.82) is 0 Å². The van der Waals surface area contributed by atoms with Crippen LogP contribution in [0, 0.1) is 11.7 Å². The quantitative estimate of drug-likeness (QED) is 0.414. The van der Waals surface area contributed by atoms with Crippen molar-refractivity contribution in [2.24, 2.45) is 11.7 Å². The highest BCUT2D eigenvalue weighted by Crippen LogP contribution is 2.38. The van der Waals surface area contributed by atoms with Crippen LogP contribution in [-0.2, 0) is 4.79 Å². The van der Waals surface area contributed by atoms with Gasteiger partial charge in [-0.05, 0) is 57.1 Å². The number of carbonyl (C=O) groups excluding carboxylic acids is 1. The minimum absolute atomic E-state index is 0.0199. The predicted molar refractivity (Wildman–Crippen MR) is 127 cm³/mol.